The minimum atomic E-state index is -0.508. The molecular formula is C29H39N7O2. The number of pyridine rings is 1. The van der Waals surface area contributed by atoms with Crippen LogP contribution < -0.4 is 15.1 Å². The van der Waals surface area contributed by atoms with Crippen molar-refractivity contribution in [2.75, 3.05) is 68.7 Å². The molecule has 2 fully saturated rings. The summed E-state index contributed by atoms with van der Waals surface area (Å²) in [6, 6.07) is 13.1. The predicted molar refractivity (Wildman–Crippen MR) is 148 cm³/mol. The Morgan fingerprint density at radius 3 is 2.32 bits per heavy atom. The van der Waals surface area contributed by atoms with Gasteiger partial charge in [0.1, 0.15) is 23.3 Å². The third-order valence-electron chi connectivity index (χ3n) is 7.44. The quantitative estimate of drug-likeness (QED) is 0.662. The average Bonchev–Trinajstić information content (AvgIpc) is 2.92. The van der Waals surface area contributed by atoms with Gasteiger partial charge in [0.15, 0.2) is 0 Å². The van der Waals surface area contributed by atoms with Crippen LogP contribution in [-0.4, -0.2) is 85.4 Å². The SMILES string of the molecule is CC(C)(C)OC(=O)N1CCN(c2nc(N3CCNCC3)c(C#N)c3c2CCN(Cc2ccccc2)C3)CC1. The first-order valence-electron chi connectivity index (χ1n) is 13.7. The van der Waals surface area contributed by atoms with Gasteiger partial charge in [0, 0.05) is 77.6 Å². The summed E-state index contributed by atoms with van der Waals surface area (Å²) in [5.74, 6) is 1.79. The maximum Gasteiger partial charge on any atom is 0.410 e. The molecule has 5 rings (SSSR count). The maximum atomic E-state index is 12.6. The van der Waals surface area contributed by atoms with Gasteiger partial charge >= 0.3 is 6.09 Å². The highest BCUT2D eigenvalue weighted by Crippen LogP contribution is 2.36. The molecule has 1 aromatic heterocycles. The first-order chi connectivity index (χ1) is 18.3. The van der Waals surface area contributed by atoms with Crippen molar-refractivity contribution in [2.45, 2.75) is 45.9 Å². The molecule has 2 saturated heterocycles. The fraction of sp³-hybridized carbons (Fsp3) is 0.552. The number of hydrogen-bond acceptors (Lipinski definition) is 8. The summed E-state index contributed by atoms with van der Waals surface area (Å²) in [6.07, 6.45) is 0.595. The van der Waals surface area contributed by atoms with Crippen LogP contribution in [0, 0.1) is 11.3 Å². The van der Waals surface area contributed by atoms with Gasteiger partial charge in [0.25, 0.3) is 0 Å². The van der Waals surface area contributed by atoms with Gasteiger partial charge in [-0.25, -0.2) is 9.78 Å². The number of aromatic nitrogens is 1. The van der Waals surface area contributed by atoms with Crippen molar-refractivity contribution >= 4 is 17.7 Å². The smallest absolute Gasteiger partial charge is 0.410 e. The monoisotopic (exact) mass is 517 g/mol. The van der Waals surface area contributed by atoms with Crippen molar-refractivity contribution in [1.82, 2.24) is 20.1 Å². The van der Waals surface area contributed by atoms with Crippen LogP contribution in [0.1, 0.15) is 43.0 Å². The van der Waals surface area contributed by atoms with Gasteiger partial charge in [0.05, 0.1) is 5.56 Å². The number of benzene rings is 1. The molecule has 0 bridgehead atoms. The van der Waals surface area contributed by atoms with Crippen molar-refractivity contribution in [3.05, 3.63) is 52.6 Å². The van der Waals surface area contributed by atoms with Gasteiger partial charge in [-0.05, 0) is 38.3 Å². The minimum absolute atomic E-state index is 0.259. The molecule has 4 heterocycles. The number of ether oxygens (including phenoxy) is 1. The van der Waals surface area contributed by atoms with Crippen LogP contribution in [0.25, 0.3) is 0 Å². The zero-order chi connectivity index (χ0) is 26.7. The van der Waals surface area contributed by atoms with Crippen molar-refractivity contribution in [2.24, 2.45) is 0 Å². The second-order valence-corrected chi connectivity index (χ2v) is 11.3. The molecule has 0 atom stereocenters. The van der Waals surface area contributed by atoms with Gasteiger partial charge in [-0.15, -0.1) is 0 Å². The number of carbonyl (C=O) groups is 1. The summed E-state index contributed by atoms with van der Waals surface area (Å²) < 4.78 is 5.60. The summed E-state index contributed by atoms with van der Waals surface area (Å²) in [6.45, 7) is 14.2. The second kappa shape index (κ2) is 11.2. The molecular weight excluding hydrogens is 478 g/mol. The molecule has 202 valence electrons. The number of nitrogens with one attached hydrogen (secondary N) is 1. The lowest BCUT2D eigenvalue weighted by molar-refractivity contribution is 0.0240. The van der Waals surface area contributed by atoms with E-state index in [9.17, 15) is 10.1 Å². The van der Waals surface area contributed by atoms with Gasteiger partial charge in [0.2, 0.25) is 0 Å². The summed E-state index contributed by atoms with van der Waals surface area (Å²) in [5.41, 5.74) is 3.80. The highest BCUT2D eigenvalue weighted by molar-refractivity contribution is 5.70. The third-order valence-corrected chi connectivity index (χ3v) is 7.44. The lowest BCUT2D eigenvalue weighted by atomic mass is 9.94. The Hall–Kier alpha value is -3.35. The van der Waals surface area contributed by atoms with Crippen LogP contribution in [0.4, 0.5) is 16.4 Å². The summed E-state index contributed by atoms with van der Waals surface area (Å²) in [5, 5.41) is 13.8. The number of hydrogen-bond donors (Lipinski definition) is 1. The van der Waals surface area contributed by atoms with Gasteiger partial charge in [-0.1, -0.05) is 30.3 Å². The molecule has 2 aromatic rings. The van der Waals surface area contributed by atoms with Crippen LogP contribution in [0.3, 0.4) is 0 Å². The number of nitriles is 1. The standard InChI is InChI=1S/C29H39N7O2/c1-29(2,3)38-28(37)36-17-15-35(16-18-36)26-23-9-12-33(20-22-7-5-4-6-8-22)21-25(23)24(19-30)27(32-26)34-13-10-31-11-14-34/h4-8,31H,9-18,20-21H2,1-3H3. The van der Waals surface area contributed by atoms with Crippen LogP contribution in [0.15, 0.2) is 30.3 Å². The molecule has 0 spiro atoms. The predicted octanol–water partition coefficient (Wildman–Crippen LogP) is 2.98. The molecule has 0 saturated carbocycles. The second-order valence-electron chi connectivity index (χ2n) is 11.3. The van der Waals surface area contributed by atoms with Crippen LogP contribution in [0.5, 0.6) is 0 Å². The first kappa shape index (κ1) is 26.3. The number of fused-ring (bicyclic) bond motifs is 1. The summed E-state index contributed by atoms with van der Waals surface area (Å²) in [7, 11) is 0. The fourth-order valence-corrected chi connectivity index (χ4v) is 5.54. The van der Waals surface area contributed by atoms with E-state index >= 15 is 0 Å². The largest absolute Gasteiger partial charge is 0.444 e. The van der Waals surface area contributed by atoms with Gasteiger partial charge < -0.3 is 24.8 Å². The van der Waals surface area contributed by atoms with E-state index in [4.69, 9.17) is 9.72 Å². The zero-order valence-corrected chi connectivity index (χ0v) is 22.9. The third kappa shape index (κ3) is 5.87. The van der Waals surface area contributed by atoms with Crippen molar-refractivity contribution < 1.29 is 9.53 Å². The number of carbonyl (C=O) groups excluding carboxylic acids is 1. The molecule has 3 aliphatic rings. The Bertz CT molecular complexity index is 1170. The van der Waals surface area contributed by atoms with Crippen molar-refractivity contribution in [3.8, 4) is 6.07 Å². The highest BCUT2D eigenvalue weighted by atomic mass is 16.6. The first-order valence-corrected chi connectivity index (χ1v) is 13.7. The Balaban J connectivity index is 1.43. The molecule has 9 nitrogen and oxygen atoms in total. The normalized spacial score (nSPS) is 18.6. The number of anilines is 2. The molecule has 38 heavy (non-hydrogen) atoms. The Kier molecular flexibility index (Phi) is 7.73. The number of piperazine rings is 2. The Labute approximate surface area is 226 Å². The molecule has 0 unspecified atom stereocenters. The maximum absolute atomic E-state index is 12.6. The lowest BCUT2D eigenvalue weighted by Crippen LogP contribution is -2.51. The number of amides is 1. The van der Waals surface area contributed by atoms with Crippen molar-refractivity contribution in [3.63, 3.8) is 0 Å². The van der Waals surface area contributed by atoms with E-state index in [1.807, 2.05) is 26.8 Å². The van der Waals surface area contributed by atoms with E-state index < -0.39 is 5.60 Å². The highest BCUT2D eigenvalue weighted by Gasteiger charge is 2.32. The Morgan fingerprint density at radius 2 is 1.66 bits per heavy atom. The molecule has 9 heteroatoms. The molecule has 0 radical (unpaired) electrons. The lowest BCUT2D eigenvalue weighted by Gasteiger charge is -2.40. The molecule has 1 amide bonds. The summed E-state index contributed by atoms with van der Waals surface area (Å²) >= 11 is 0. The van der Waals surface area contributed by atoms with E-state index in [1.54, 1.807) is 4.90 Å². The zero-order valence-electron chi connectivity index (χ0n) is 22.9. The fourth-order valence-electron chi connectivity index (χ4n) is 5.54. The van der Waals surface area contributed by atoms with E-state index in [0.29, 0.717) is 26.2 Å². The van der Waals surface area contributed by atoms with Crippen LogP contribution in [0.2, 0.25) is 0 Å². The topological polar surface area (TPSA) is 88.0 Å². The van der Waals surface area contributed by atoms with Crippen LogP contribution in [-0.2, 0) is 24.2 Å². The van der Waals surface area contributed by atoms with Gasteiger partial charge in [-0.3, -0.25) is 4.90 Å². The molecule has 0 aliphatic carbocycles. The summed E-state index contributed by atoms with van der Waals surface area (Å²) in [4.78, 5) is 26.6. The average molecular weight is 518 g/mol. The minimum Gasteiger partial charge on any atom is -0.444 e. The number of nitrogens with zero attached hydrogens (tertiary/aromatic N) is 6. The van der Waals surface area contributed by atoms with E-state index in [-0.39, 0.29) is 6.09 Å². The Morgan fingerprint density at radius 1 is 0.974 bits per heavy atom. The van der Waals surface area contributed by atoms with Crippen LogP contribution >= 0.6 is 0 Å². The van der Waals surface area contributed by atoms with Gasteiger partial charge in [-0.2, -0.15) is 5.26 Å². The van der Waals surface area contributed by atoms with E-state index in [1.165, 1.54) is 11.1 Å². The number of rotatable bonds is 4. The van der Waals surface area contributed by atoms with Crippen molar-refractivity contribution in [1.29, 1.82) is 5.26 Å². The van der Waals surface area contributed by atoms with E-state index in [0.717, 1.165) is 75.0 Å². The molecule has 3 aliphatic heterocycles. The molecule has 1 N–H and O–H groups in total. The molecule has 1 aromatic carbocycles. The van der Waals surface area contributed by atoms with E-state index in [2.05, 4.69) is 50.4 Å².